The van der Waals surface area contributed by atoms with Crippen molar-refractivity contribution in [2.75, 3.05) is 6.54 Å². The van der Waals surface area contributed by atoms with Gasteiger partial charge in [0.2, 0.25) is 0 Å². The van der Waals surface area contributed by atoms with Crippen molar-refractivity contribution in [1.29, 1.82) is 0 Å². The lowest BCUT2D eigenvalue weighted by molar-refractivity contribution is 0.594. The second-order valence-corrected chi connectivity index (χ2v) is 4.40. The first-order chi connectivity index (χ1) is 8.72. The minimum atomic E-state index is -0.142. The molecule has 0 aliphatic rings. The standard InChI is InChI=1S/C16H18FN/c1-3-18-11-14-9-8-13(10-16(14)17)15-7-5-4-6-12(15)2/h4-10,18H,3,11H2,1-2H3. The number of rotatable bonds is 4. The lowest BCUT2D eigenvalue weighted by Crippen LogP contribution is -2.12. The van der Waals surface area contributed by atoms with Gasteiger partial charge < -0.3 is 5.32 Å². The molecule has 0 bridgehead atoms. The Morgan fingerprint density at radius 1 is 1.11 bits per heavy atom. The van der Waals surface area contributed by atoms with E-state index < -0.39 is 0 Å². The molecule has 0 aromatic heterocycles. The number of aryl methyl sites for hydroxylation is 1. The Hall–Kier alpha value is -1.67. The quantitative estimate of drug-likeness (QED) is 0.858. The molecule has 94 valence electrons. The second-order valence-electron chi connectivity index (χ2n) is 4.40. The van der Waals surface area contributed by atoms with E-state index in [0.717, 1.165) is 23.2 Å². The fraction of sp³-hybridized carbons (Fsp3) is 0.250. The molecule has 0 aliphatic carbocycles. The molecule has 0 amide bonds. The molecule has 18 heavy (non-hydrogen) atoms. The van der Waals surface area contributed by atoms with Crippen LogP contribution in [0.15, 0.2) is 42.5 Å². The Labute approximate surface area is 108 Å². The van der Waals surface area contributed by atoms with Crippen molar-refractivity contribution in [3.63, 3.8) is 0 Å². The molecule has 0 radical (unpaired) electrons. The maximum Gasteiger partial charge on any atom is 0.128 e. The Balaban J connectivity index is 2.32. The molecule has 1 nitrogen and oxygen atoms in total. The molecule has 0 saturated carbocycles. The molecule has 2 rings (SSSR count). The van der Waals surface area contributed by atoms with Crippen molar-refractivity contribution in [2.24, 2.45) is 0 Å². The van der Waals surface area contributed by atoms with Gasteiger partial charge in [0, 0.05) is 12.1 Å². The normalized spacial score (nSPS) is 10.6. The summed E-state index contributed by atoms with van der Waals surface area (Å²) in [5, 5.41) is 3.14. The Morgan fingerprint density at radius 3 is 2.56 bits per heavy atom. The first kappa shape index (κ1) is 12.8. The molecule has 0 unspecified atom stereocenters. The van der Waals surface area contributed by atoms with E-state index >= 15 is 0 Å². The molecule has 2 aromatic rings. The van der Waals surface area contributed by atoms with E-state index in [1.807, 2.05) is 50.2 Å². The van der Waals surface area contributed by atoms with Crippen LogP contribution in [0, 0.1) is 12.7 Å². The van der Waals surface area contributed by atoms with Crippen LogP contribution in [0.3, 0.4) is 0 Å². The van der Waals surface area contributed by atoms with Crippen LogP contribution in [-0.2, 0) is 6.54 Å². The maximum absolute atomic E-state index is 14.0. The molecular weight excluding hydrogens is 225 g/mol. The maximum atomic E-state index is 14.0. The molecule has 0 aliphatic heterocycles. The number of halogens is 1. The van der Waals surface area contributed by atoms with Gasteiger partial charge in [-0.3, -0.25) is 0 Å². The van der Waals surface area contributed by atoms with Crippen molar-refractivity contribution in [3.05, 3.63) is 59.4 Å². The Bertz CT molecular complexity index is 534. The second kappa shape index (κ2) is 5.78. The van der Waals surface area contributed by atoms with Gasteiger partial charge in [0.15, 0.2) is 0 Å². The highest BCUT2D eigenvalue weighted by molar-refractivity contribution is 5.67. The highest BCUT2D eigenvalue weighted by Gasteiger charge is 2.06. The van der Waals surface area contributed by atoms with E-state index in [2.05, 4.69) is 5.32 Å². The van der Waals surface area contributed by atoms with Gasteiger partial charge in [-0.25, -0.2) is 4.39 Å². The molecule has 0 heterocycles. The number of benzene rings is 2. The van der Waals surface area contributed by atoms with E-state index in [0.29, 0.717) is 12.1 Å². The first-order valence-electron chi connectivity index (χ1n) is 6.27. The van der Waals surface area contributed by atoms with E-state index in [9.17, 15) is 4.39 Å². The van der Waals surface area contributed by atoms with Crippen LogP contribution >= 0.6 is 0 Å². The van der Waals surface area contributed by atoms with Crippen molar-refractivity contribution >= 4 is 0 Å². The third-order valence-corrected chi connectivity index (χ3v) is 3.07. The SMILES string of the molecule is CCNCc1ccc(-c2ccccc2C)cc1F. The highest BCUT2D eigenvalue weighted by atomic mass is 19.1. The predicted octanol–water partition coefficient (Wildman–Crippen LogP) is 3.91. The molecule has 0 saturated heterocycles. The highest BCUT2D eigenvalue weighted by Crippen LogP contribution is 2.24. The summed E-state index contributed by atoms with van der Waals surface area (Å²) in [4.78, 5) is 0. The van der Waals surface area contributed by atoms with Crippen LogP contribution in [0.5, 0.6) is 0 Å². The average molecular weight is 243 g/mol. The summed E-state index contributed by atoms with van der Waals surface area (Å²) < 4.78 is 14.0. The largest absolute Gasteiger partial charge is 0.313 e. The van der Waals surface area contributed by atoms with Gasteiger partial charge in [0.1, 0.15) is 5.82 Å². The van der Waals surface area contributed by atoms with Gasteiger partial charge >= 0.3 is 0 Å². The fourth-order valence-corrected chi connectivity index (χ4v) is 2.01. The third-order valence-electron chi connectivity index (χ3n) is 3.07. The van der Waals surface area contributed by atoms with E-state index in [1.54, 1.807) is 6.07 Å². The summed E-state index contributed by atoms with van der Waals surface area (Å²) in [5.41, 5.74) is 3.91. The van der Waals surface area contributed by atoms with Crippen molar-refractivity contribution in [2.45, 2.75) is 20.4 Å². The predicted molar refractivity (Wildman–Crippen MR) is 74.0 cm³/mol. The monoisotopic (exact) mass is 243 g/mol. The van der Waals surface area contributed by atoms with Crippen LogP contribution in [0.25, 0.3) is 11.1 Å². The average Bonchev–Trinajstić information content (AvgIpc) is 2.38. The zero-order valence-corrected chi connectivity index (χ0v) is 10.8. The first-order valence-corrected chi connectivity index (χ1v) is 6.27. The molecular formula is C16H18FN. The van der Waals surface area contributed by atoms with Crippen molar-refractivity contribution in [1.82, 2.24) is 5.32 Å². The van der Waals surface area contributed by atoms with Gasteiger partial charge in [0.05, 0.1) is 0 Å². The number of hydrogen-bond acceptors (Lipinski definition) is 1. The van der Waals surface area contributed by atoms with Crippen molar-refractivity contribution < 1.29 is 4.39 Å². The summed E-state index contributed by atoms with van der Waals surface area (Å²) in [6, 6.07) is 13.5. The molecule has 0 fully saturated rings. The minimum Gasteiger partial charge on any atom is -0.313 e. The third kappa shape index (κ3) is 2.77. The molecule has 1 N–H and O–H groups in total. The lowest BCUT2D eigenvalue weighted by atomic mass is 9.99. The zero-order valence-electron chi connectivity index (χ0n) is 10.8. The smallest absolute Gasteiger partial charge is 0.128 e. The Morgan fingerprint density at radius 2 is 1.89 bits per heavy atom. The van der Waals surface area contributed by atoms with Crippen LogP contribution < -0.4 is 5.32 Å². The summed E-state index contributed by atoms with van der Waals surface area (Å²) in [7, 11) is 0. The van der Waals surface area contributed by atoms with E-state index in [1.165, 1.54) is 0 Å². The van der Waals surface area contributed by atoms with Crippen LogP contribution in [0.2, 0.25) is 0 Å². The summed E-state index contributed by atoms with van der Waals surface area (Å²) in [6.07, 6.45) is 0. The van der Waals surface area contributed by atoms with Gasteiger partial charge in [0.25, 0.3) is 0 Å². The van der Waals surface area contributed by atoms with Crippen molar-refractivity contribution in [3.8, 4) is 11.1 Å². The van der Waals surface area contributed by atoms with Gasteiger partial charge in [-0.2, -0.15) is 0 Å². The van der Waals surface area contributed by atoms with Gasteiger partial charge in [-0.1, -0.05) is 43.3 Å². The number of hydrogen-bond donors (Lipinski definition) is 1. The zero-order chi connectivity index (χ0) is 13.0. The Kier molecular flexibility index (Phi) is 4.11. The minimum absolute atomic E-state index is 0.142. The van der Waals surface area contributed by atoms with Crippen LogP contribution in [-0.4, -0.2) is 6.54 Å². The number of nitrogens with one attached hydrogen (secondary N) is 1. The van der Waals surface area contributed by atoms with Gasteiger partial charge in [-0.15, -0.1) is 0 Å². The molecule has 0 spiro atoms. The lowest BCUT2D eigenvalue weighted by Gasteiger charge is -2.09. The molecule has 0 atom stereocenters. The van der Waals surface area contributed by atoms with E-state index in [-0.39, 0.29) is 5.82 Å². The van der Waals surface area contributed by atoms with E-state index in [4.69, 9.17) is 0 Å². The summed E-state index contributed by atoms with van der Waals surface area (Å²) >= 11 is 0. The molecule has 2 heteroatoms. The van der Waals surface area contributed by atoms with Crippen LogP contribution in [0.1, 0.15) is 18.1 Å². The summed E-state index contributed by atoms with van der Waals surface area (Å²) in [5.74, 6) is -0.142. The summed E-state index contributed by atoms with van der Waals surface area (Å²) in [6.45, 7) is 5.48. The topological polar surface area (TPSA) is 12.0 Å². The van der Waals surface area contributed by atoms with Crippen LogP contribution in [0.4, 0.5) is 4.39 Å². The fourth-order valence-electron chi connectivity index (χ4n) is 2.01. The molecule has 2 aromatic carbocycles. The van der Waals surface area contributed by atoms with Gasteiger partial charge in [-0.05, 0) is 36.2 Å².